The minimum absolute atomic E-state index is 0.263. The van der Waals surface area contributed by atoms with Crippen molar-refractivity contribution in [1.29, 1.82) is 0 Å². The summed E-state index contributed by atoms with van der Waals surface area (Å²) in [5, 5.41) is 12.6. The third-order valence-corrected chi connectivity index (χ3v) is 3.60. The topological polar surface area (TPSA) is 32.3 Å². The molecule has 0 amide bonds. The van der Waals surface area contributed by atoms with Gasteiger partial charge in [0.2, 0.25) is 0 Å². The monoisotopic (exact) mass is 255 g/mol. The highest BCUT2D eigenvalue weighted by Gasteiger charge is 2.28. The fraction of sp³-hybridized carbons (Fsp3) is 0.455. The summed E-state index contributed by atoms with van der Waals surface area (Å²) in [5.74, 6) is 0.796. The molecule has 3 heteroatoms. The van der Waals surface area contributed by atoms with E-state index in [1.165, 1.54) is 5.56 Å². The van der Waals surface area contributed by atoms with Gasteiger partial charge in [0.15, 0.2) is 0 Å². The summed E-state index contributed by atoms with van der Waals surface area (Å²) in [6, 6.07) is 8.25. The van der Waals surface area contributed by atoms with Crippen molar-refractivity contribution in [1.82, 2.24) is 5.32 Å². The predicted molar refractivity (Wildman–Crippen MR) is 60.3 cm³/mol. The summed E-state index contributed by atoms with van der Waals surface area (Å²) >= 11 is 3.55. The Morgan fingerprint density at radius 1 is 1.36 bits per heavy atom. The van der Waals surface area contributed by atoms with Crippen LogP contribution in [0.4, 0.5) is 0 Å². The van der Waals surface area contributed by atoms with E-state index in [9.17, 15) is 5.11 Å². The zero-order valence-corrected chi connectivity index (χ0v) is 9.50. The van der Waals surface area contributed by atoms with E-state index in [0.717, 1.165) is 17.6 Å². The molecule has 1 aromatic rings. The van der Waals surface area contributed by atoms with Crippen molar-refractivity contribution in [3.8, 4) is 0 Å². The van der Waals surface area contributed by atoms with Crippen molar-refractivity contribution >= 4 is 15.9 Å². The van der Waals surface area contributed by atoms with E-state index < -0.39 is 0 Å². The minimum atomic E-state index is 0.263. The zero-order chi connectivity index (χ0) is 9.97. The van der Waals surface area contributed by atoms with Crippen LogP contribution in [0.5, 0.6) is 0 Å². The van der Waals surface area contributed by atoms with Gasteiger partial charge in [-0.05, 0) is 11.6 Å². The third-order valence-electron chi connectivity index (χ3n) is 2.88. The van der Waals surface area contributed by atoms with Crippen molar-refractivity contribution in [2.24, 2.45) is 5.92 Å². The van der Waals surface area contributed by atoms with E-state index in [4.69, 9.17) is 0 Å². The average Bonchev–Trinajstić information content (AvgIpc) is 2.66. The largest absolute Gasteiger partial charge is 0.396 e. The van der Waals surface area contributed by atoms with E-state index in [0.29, 0.717) is 11.8 Å². The molecule has 14 heavy (non-hydrogen) atoms. The molecular weight excluding hydrogens is 242 g/mol. The maximum Gasteiger partial charge on any atom is 0.0477 e. The molecule has 0 aromatic heterocycles. The van der Waals surface area contributed by atoms with Crippen LogP contribution in [0.1, 0.15) is 11.5 Å². The van der Waals surface area contributed by atoms with Crippen molar-refractivity contribution in [3.05, 3.63) is 34.3 Å². The SMILES string of the molecule is OC[C@@H]1CNC[C@H]1c1ccccc1Br. The molecule has 0 radical (unpaired) electrons. The van der Waals surface area contributed by atoms with Crippen LogP contribution in [-0.4, -0.2) is 24.8 Å². The Morgan fingerprint density at radius 3 is 2.86 bits per heavy atom. The van der Waals surface area contributed by atoms with Crippen LogP contribution in [0.3, 0.4) is 0 Å². The molecule has 0 bridgehead atoms. The van der Waals surface area contributed by atoms with Gasteiger partial charge in [0.25, 0.3) is 0 Å². The highest BCUT2D eigenvalue weighted by atomic mass is 79.9. The van der Waals surface area contributed by atoms with Gasteiger partial charge in [-0.3, -0.25) is 0 Å². The maximum atomic E-state index is 9.23. The molecule has 1 fully saturated rings. The quantitative estimate of drug-likeness (QED) is 0.844. The molecule has 76 valence electrons. The van der Waals surface area contributed by atoms with Gasteiger partial charge in [-0.1, -0.05) is 34.1 Å². The predicted octanol–water partition coefficient (Wildman–Crippen LogP) is 1.74. The van der Waals surface area contributed by atoms with Crippen molar-refractivity contribution in [2.75, 3.05) is 19.7 Å². The van der Waals surface area contributed by atoms with Crippen LogP contribution in [0.15, 0.2) is 28.7 Å². The van der Waals surface area contributed by atoms with Crippen molar-refractivity contribution in [3.63, 3.8) is 0 Å². The van der Waals surface area contributed by atoms with Crippen LogP contribution in [0.2, 0.25) is 0 Å². The van der Waals surface area contributed by atoms with Gasteiger partial charge in [0, 0.05) is 36.0 Å². The number of benzene rings is 1. The fourth-order valence-corrected chi connectivity index (χ4v) is 2.64. The van der Waals surface area contributed by atoms with E-state index in [2.05, 4.69) is 33.4 Å². The van der Waals surface area contributed by atoms with Gasteiger partial charge >= 0.3 is 0 Å². The molecule has 1 aliphatic heterocycles. The van der Waals surface area contributed by atoms with E-state index in [1.54, 1.807) is 0 Å². The molecule has 1 heterocycles. The van der Waals surface area contributed by atoms with Crippen LogP contribution >= 0.6 is 15.9 Å². The first-order valence-electron chi connectivity index (χ1n) is 4.89. The van der Waals surface area contributed by atoms with Crippen LogP contribution in [0, 0.1) is 5.92 Å². The molecule has 1 aromatic carbocycles. The average molecular weight is 256 g/mol. The smallest absolute Gasteiger partial charge is 0.0477 e. The molecule has 1 aliphatic rings. The lowest BCUT2D eigenvalue weighted by Gasteiger charge is -2.17. The number of aliphatic hydroxyl groups is 1. The number of nitrogens with one attached hydrogen (secondary N) is 1. The summed E-state index contributed by atoms with van der Waals surface area (Å²) in [6.07, 6.45) is 0. The van der Waals surface area contributed by atoms with E-state index in [-0.39, 0.29) is 6.61 Å². The number of halogens is 1. The lowest BCUT2D eigenvalue weighted by Crippen LogP contribution is -2.15. The Bertz CT molecular complexity index is 316. The maximum absolute atomic E-state index is 9.23. The van der Waals surface area contributed by atoms with Gasteiger partial charge in [-0.25, -0.2) is 0 Å². The Morgan fingerprint density at radius 2 is 2.14 bits per heavy atom. The summed E-state index contributed by atoms with van der Waals surface area (Å²) < 4.78 is 1.15. The first kappa shape index (κ1) is 10.1. The molecule has 2 nitrogen and oxygen atoms in total. The Balaban J connectivity index is 2.26. The van der Waals surface area contributed by atoms with Gasteiger partial charge in [0.05, 0.1) is 0 Å². The zero-order valence-electron chi connectivity index (χ0n) is 7.91. The molecule has 0 saturated carbocycles. The molecule has 1 saturated heterocycles. The number of aliphatic hydroxyl groups excluding tert-OH is 1. The molecule has 2 atom stereocenters. The number of rotatable bonds is 2. The van der Waals surface area contributed by atoms with Crippen LogP contribution in [-0.2, 0) is 0 Å². The second-order valence-electron chi connectivity index (χ2n) is 3.73. The summed E-state index contributed by atoms with van der Waals surface area (Å²) in [5.41, 5.74) is 1.30. The fourth-order valence-electron chi connectivity index (χ4n) is 2.06. The van der Waals surface area contributed by atoms with Gasteiger partial charge in [-0.2, -0.15) is 0 Å². The van der Waals surface area contributed by atoms with E-state index >= 15 is 0 Å². The Labute approximate surface area is 92.5 Å². The highest BCUT2D eigenvalue weighted by molar-refractivity contribution is 9.10. The molecule has 2 rings (SSSR count). The summed E-state index contributed by atoms with van der Waals surface area (Å²) in [6.45, 7) is 2.15. The van der Waals surface area contributed by atoms with Crippen molar-refractivity contribution in [2.45, 2.75) is 5.92 Å². The Hall–Kier alpha value is -0.380. The summed E-state index contributed by atoms with van der Waals surface area (Å²) in [7, 11) is 0. The second-order valence-corrected chi connectivity index (χ2v) is 4.58. The first-order chi connectivity index (χ1) is 6.83. The normalized spacial score (nSPS) is 26.7. The van der Waals surface area contributed by atoms with Crippen LogP contribution in [0.25, 0.3) is 0 Å². The molecule has 0 spiro atoms. The molecule has 2 N–H and O–H groups in total. The number of hydrogen-bond donors (Lipinski definition) is 2. The number of hydrogen-bond acceptors (Lipinski definition) is 2. The second kappa shape index (κ2) is 4.43. The lowest BCUT2D eigenvalue weighted by molar-refractivity contribution is 0.226. The van der Waals surface area contributed by atoms with Gasteiger partial charge in [0.1, 0.15) is 0 Å². The standard InChI is InChI=1S/C11H14BrNO/c12-11-4-2-1-3-9(11)10-6-13-5-8(10)7-14/h1-4,8,10,13-14H,5-7H2/t8-,10+/m0/s1. The minimum Gasteiger partial charge on any atom is -0.396 e. The first-order valence-corrected chi connectivity index (χ1v) is 5.68. The van der Waals surface area contributed by atoms with Gasteiger partial charge < -0.3 is 10.4 Å². The highest BCUT2D eigenvalue weighted by Crippen LogP contribution is 2.32. The van der Waals surface area contributed by atoms with Gasteiger partial charge in [-0.15, -0.1) is 0 Å². The van der Waals surface area contributed by atoms with E-state index in [1.807, 2.05) is 12.1 Å². The molecule has 0 aliphatic carbocycles. The Kier molecular flexibility index (Phi) is 3.21. The summed E-state index contributed by atoms with van der Waals surface area (Å²) in [4.78, 5) is 0. The third kappa shape index (κ3) is 1.85. The molecule has 0 unspecified atom stereocenters. The van der Waals surface area contributed by atoms with Crippen molar-refractivity contribution < 1.29 is 5.11 Å². The lowest BCUT2D eigenvalue weighted by atomic mass is 9.90. The van der Waals surface area contributed by atoms with Crippen LogP contribution < -0.4 is 5.32 Å². The molecular formula is C11H14BrNO.